The Bertz CT molecular complexity index is 1110. The Balaban J connectivity index is 1.49. The first-order chi connectivity index (χ1) is 14.5. The summed E-state index contributed by atoms with van der Waals surface area (Å²) in [5, 5.41) is 10.8. The van der Waals surface area contributed by atoms with Crippen molar-refractivity contribution in [3.8, 4) is 11.5 Å². The van der Waals surface area contributed by atoms with Crippen LogP contribution in [-0.4, -0.2) is 20.2 Å². The summed E-state index contributed by atoms with van der Waals surface area (Å²) in [6.07, 6.45) is 4.01. The van der Waals surface area contributed by atoms with Gasteiger partial charge in [-0.15, -0.1) is 5.10 Å². The Labute approximate surface area is 169 Å². The maximum Gasteiger partial charge on any atom is 0.416 e. The SMILES string of the molecule is FC(F)(F)c1ccc(Nc2nnc(-c3cnccc3CCc3ccncc3)o2)cc1. The van der Waals surface area contributed by atoms with E-state index in [9.17, 15) is 13.2 Å². The number of anilines is 2. The number of nitrogens with one attached hydrogen (secondary N) is 1. The smallest absolute Gasteiger partial charge is 0.403 e. The van der Waals surface area contributed by atoms with Crippen LogP contribution < -0.4 is 5.32 Å². The predicted molar refractivity (Wildman–Crippen MR) is 104 cm³/mol. The van der Waals surface area contributed by atoms with E-state index in [2.05, 4.69) is 25.5 Å². The van der Waals surface area contributed by atoms with Crippen molar-refractivity contribution in [3.63, 3.8) is 0 Å². The first kappa shape index (κ1) is 19.6. The Morgan fingerprint density at radius 2 is 1.57 bits per heavy atom. The van der Waals surface area contributed by atoms with Gasteiger partial charge in [0.15, 0.2) is 0 Å². The van der Waals surface area contributed by atoms with E-state index >= 15 is 0 Å². The zero-order valence-electron chi connectivity index (χ0n) is 15.6. The minimum atomic E-state index is -4.39. The molecule has 0 aliphatic rings. The first-order valence-corrected chi connectivity index (χ1v) is 9.09. The van der Waals surface area contributed by atoms with E-state index in [1.54, 1.807) is 24.8 Å². The van der Waals surface area contributed by atoms with Crippen molar-refractivity contribution in [3.05, 3.63) is 83.9 Å². The third kappa shape index (κ3) is 4.62. The highest BCUT2D eigenvalue weighted by Crippen LogP contribution is 2.31. The van der Waals surface area contributed by atoms with E-state index in [0.717, 1.165) is 36.1 Å². The molecule has 1 N–H and O–H groups in total. The minimum absolute atomic E-state index is 0.0775. The average molecular weight is 411 g/mol. The molecule has 6 nitrogen and oxygen atoms in total. The number of hydrogen-bond acceptors (Lipinski definition) is 6. The number of aromatic nitrogens is 4. The van der Waals surface area contributed by atoms with Gasteiger partial charge in [-0.25, -0.2) is 0 Å². The van der Waals surface area contributed by atoms with Crippen molar-refractivity contribution in [2.24, 2.45) is 0 Å². The minimum Gasteiger partial charge on any atom is -0.403 e. The van der Waals surface area contributed by atoms with Crippen molar-refractivity contribution in [1.29, 1.82) is 0 Å². The second kappa shape index (κ2) is 8.32. The fourth-order valence-corrected chi connectivity index (χ4v) is 2.91. The third-order valence-corrected chi connectivity index (χ3v) is 4.46. The molecular weight excluding hydrogens is 395 g/mol. The summed E-state index contributed by atoms with van der Waals surface area (Å²) in [5.74, 6) is 0.280. The van der Waals surface area contributed by atoms with Gasteiger partial charge in [0.25, 0.3) is 5.89 Å². The van der Waals surface area contributed by atoms with Crippen LogP contribution in [0.3, 0.4) is 0 Å². The van der Waals surface area contributed by atoms with E-state index < -0.39 is 11.7 Å². The Kier molecular flexibility index (Phi) is 5.42. The van der Waals surface area contributed by atoms with Gasteiger partial charge in [0, 0.05) is 30.5 Å². The molecule has 1 aromatic carbocycles. The van der Waals surface area contributed by atoms with Crippen molar-refractivity contribution >= 4 is 11.7 Å². The standard InChI is InChI=1S/C21H16F3N5O/c22-21(23,24)16-3-5-17(6-4-16)27-20-29-28-19(30-20)18-13-26-12-9-15(18)2-1-14-7-10-25-11-8-14/h3-13H,1-2H2,(H,27,29). The number of halogens is 3. The van der Waals surface area contributed by atoms with Crippen LogP contribution in [0.1, 0.15) is 16.7 Å². The number of nitrogens with zero attached hydrogens (tertiary/aromatic N) is 4. The van der Waals surface area contributed by atoms with Gasteiger partial charge in [0.1, 0.15) is 0 Å². The predicted octanol–water partition coefficient (Wildman–Crippen LogP) is 5.07. The highest BCUT2D eigenvalue weighted by atomic mass is 19.4. The van der Waals surface area contributed by atoms with Crippen LogP contribution >= 0.6 is 0 Å². The summed E-state index contributed by atoms with van der Waals surface area (Å²) >= 11 is 0. The molecule has 4 aromatic rings. The van der Waals surface area contributed by atoms with Gasteiger partial charge in [-0.05, 0) is 66.4 Å². The van der Waals surface area contributed by atoms with Crippen LogP contribution in [0.4, 0.5) is 24.9 Å². The third-order valence-electron chi connectivity index (χ3n) is 4.46. The zero-order chi connectivity index (χ0) is 21.0. The molecule has 3 aromatic heterocycles. The van der Waals surface area contributed by atoms with Gasteiger partial charge >= 0.3 is 12.2 Å². The van der Waals surface area contributed by atoms with E-state index in [0.29, 0.717) is 11.3 Å². The topological polar surface area (TPSA) is 76.7 Å². The van der Waals surface area contributed by atoms with Crippen LogP contribution in [0.15, 0.2) is 71.7 Å². The number of aryl methyl sites for hydroxylation is 2. The van der Waals surface area contributed by atoms with Gasteiger partial charge in [-0.3, -0.25) is 9.97 Å². The van der Waals surface area contributed by atoms with E-state index in [1.165, 1.54) is 12.1 Å². The molecular formula is C21H16F3N5O. The molecule has 0 aliphatic heterocycles. The summed E-state index contributed by atoms with van der Waals surface area (Å²) in [5.41, 5.74) is 2.53. The molecule has 0 saturated heterocycles. The van der Waals surface area contributed by atoms with Crippen LogP contribution in [0.2, 0.25) is 0 Å². The second-order valence-corrected chi connectivity index (χ2v) is 6.50. The fraction of sp³-hybridized carbons (Fsp3) is 0.143. The molecule has 0 amide bonds. The number of alkyl halides is 3. The van der Waals surface area contributed by atoms with Gasteiger partial charge in [-0.1, -0.05) is 5.10 Å². The molecule has 3 heterocycles. The van der Waals surface area contributed by atoms with E-state index in [4.69, 9.17) is 4.42 Å². The van der Waals surface area contributed by atoms with Gasteiger partial charge in [-0.2, -0.15) is 13.2 Å². The van der Waals surface area contributed by atoms with Crippen LogP contribution in [0.25, 0.3) is 11.5 Å². The summed E-state index contributed by atoms with van der Waals surface area (Å²) in [6.45, 7) is 0. The molecule has 0 spiro atoms. The Morgan fingerprint density at radius 1 is 0.833 bits per heavy atom. The largest absolute Gasteiger partial charge is 0.416 e. The van der Waals surface area contributed by atoms with Gasteiger partial charge in [0.2, 0.25) is 0 Å². The van der Waals surface area contributed by atoms with Gasteiger partial charge < -0.3 is 9.73 Å². The monoisotopic (exact) mass is 411 g/mol. The molecule has 30 heavy (non-hydrogen) atoms. The molecule has 0 unspecified atom stereocenters. The molecule has 0 atom stereocenters. The number of pyridine rings is 2. The van der Waals surface area contributed by atoms with Crippen LogP contribution in [-0.2, 0) is 19.0 Å². The molecule has 4 rings (SSSR count). The molecule has 0 fully saturated rings. The highest BCUT2D eigenvalue weighted by molar-refractivity contribution is 5.59. The zero-order valence-corrected chi connectivity index (χ0v) is 15.6. The Hall–Kier alpha value is -3.75. The van der Waals surface area contributed by atoms with E-state index in [1.807, 2.05) is 18.2 Å². The van der Waals surface area contributed by atoms with Crippen LogP contribution in [0, 0.1) is 0 Å². The van der Waals surface area contributed by atoms with Crippen molar-refractivity contribution in [2.45, 2.75) is 19.0 Å². The summed E-state index contributed by atoms with van der Waals surface area (Å²) in [7, 11) is 0. The lowest BCUT2D eigenvalue weighted by atomic mass is 10.0. The highest BCUT2D eigenvalue weighted by Gasteiger charge is 2.30. The quantitative estimate of drug-likeness (QED) is 0.477. The number of hydrogen-bond donors (Lipinski definition) is 1. The fourth-order valence-electron chi connectivity index (χ4n) is 2.91. The molecule has 0 aliphatic carbocycles. The number of benzene rings is 1. The maximum absolute atomic E-state index is 12.7. The van der Waals surface area contributed by atoms with E-state index in [-0.39, 0.29) is 11.9 Å². The molecule has 152 valence electrons. The molecule has 0 saturated carbocycles. The lowest BCUT2D eigenvalue weighted by molar-refractivity contribution is -0.137. The maximum atomic E-state index is 12.7. The van der Waals surface area contributed by atoms with Crippen molar-refractivity contribution in [2.75, 3.05) is 5.32 Å². The lowest BCUT2D eigenvalue weighted by Gasteiger charge is -2.07. The van der Waals surface area contributed by atoms with Crippen molar-refractivity contribution < 1.29 is 17.6 Å². The average Bonchev–Trinajstić information content (AvgIpc) is 3.21. The Morgan fingerprint density at radius 3 is 2.30 bits per heavy atom. The first-order valence-electron chi connectivity index (χ1n) is 9.09. The number of rotatable bonds is 6. The normalized spacial score (nSPS) is 11.4. The molecule has 0 radical (unpaired) electrons. The van der Waals surface area contributed by atoms with Crippen molar-refractivity contribution in [1.82, 2.24) is 20.2 Å². The summed E-state index contributed by atoms with van der Waals surface area (Å²) in [6, 6.07) is 10.5. The molecule has 0 bridgehead atoms. The summed E-state index contributed by atoms with van der Waals surface area (Å²) in [4.78, 5) is 8.15. The second-order valence-electron chi connectivity index (χ2n) is 6.50. The molecule has 9 heteroatoms. The lowest BCUT2D eigenvalue weighted by Crippen LogP contribution is -2.04. The summed E-state index contributed by atoms with van der Waals surface area (Å²) < 4.78 is 43.7. The van der Waals surface area contributed by atoms with Crippen LogP contribution in [0.5, 0.6) is 0 Å². The van der Waals surface area contributed by atoms with Gasteiger partial charge in [0.05, 0.1) is 11.1 Å².